The standard InChI is InChI=1S/C16H24O5/c1-2-3-4-5-6-7-8-20-16(19)12-10-14-13(21-14)9-11(12)15(17)18/h10-13H,2-9H2,1H3,(H,17,18). The number of fused-ring (bicyclic) bond motifs is 1. The summed E-state index contributed by atoms with van der Waals surface area (Å²) >= 11 is 0. The van der Waals surface area contributed by atoms with Gasteiger partial charge in [0.15, 0.2) is 6.10 Å². The molecule has 21 heavy (non-hydrogen) atoms. The van der Waals surface area contributed by atoms with Crippen LogP contribution in [0.25, 0.3) is 0 Å². The Morgan fingerprint density at radius 1 is 1.29 bits per heavy atom. The van der Waals surface area contributed by atoms with Crippen molar-refractivity contribution >= 4 is 11.9 Å². The number of carbonyl (C=O) groups excluding carboxylic acids is 1. The van der Waals surface area contributed by atoms with Crippen molar-refractivity contribution in [3.8, 4) is 0 Å². The molecule has 1 fully saturated rings. The molecular weight excluding hydrogens is 272 g/mol. The Morgan fingerprint density at radius 2 is 2.00 bits per heavy atom. The fraction of sp³-hybridized carbons (Fsp3) is 0.750. The van der Waals surface area contributed by atoms with Crippen molar-refractivity contribution in [1.82, 2.24) is 0 Å². The molecule has 5 heteroatoms. The Kier molecular flexibility index (Phi) is 5.65. The molecular formula is C16H24O5. The molecule has 0 bridgehead atoms. The minimum Gasteiger partial charge on any atom is -0.483 e. The first-order valence-electron chi connectivity index (χ1n) is 7.91. The first-order valence-corrected chi connectivity index (χ1v) is 7.91. The van der Waals surface area contributed by atoms with E-state index in [-0.39, 0.29) is 6.10 Å². The van der Waals surface area contributed by atoms with Gasteiger partial charge in [-0.1, -0.05) is 39.0 Å². The second kappa shape index (κ2) is 7.48. The van der Waals surface area contributed by atoms with Gasteiger partial charge in [-0.05, 0) is 12.5 Å². The fourth-order valence-electron chi connectivity index (χ4n) is 2.75. The van der Waals surface area contributed by atoms with Gasteiger partial charge in [0, 0.05) is 6.42 Å². The van der Waals surface area contributed by atoms with Crippen molar-refractivity contribution in [2.75, 3.05) is 6.61 Å². The van der Waals surface area contributed by atoms with Gasteiger partial charge in [-0.2, -0.15) is 0 Å². The zero-order valence-electron chi connectivity index (χ0n) is 12.5. The average molecular weight is 296 g/mol. The van der Waals surface area contributed by atoms with E-state index in [1.165, 1.54) is 19.3 Å². The number of hydrogen-bond acceptors (Lipinski definition) is 4. The maximum absolute atomic E-state index is 12.0. The maximum atomic E-state index is 12.0. The van der Waals surface area contributed by atoms with Crippen LogP contribution in [0.5, 0.6) is 0 Å². The minimum atomic E-state index is -0.956. The topological polar surface area (TPSA) is 76.1 Å². The maximum Gasteiger partial charge on any atom is 0.313 e. The van der Waals surface area contributed by atoms with Crippen LogP contribution >= 0.6 is 0 Å². The molecule has 2 rings (SSSR count). The van der Waals surface area contributed by atoms with Gasteiger partial charge in [-0.15, -0.1) is 0 Å². The third-order valence-corrected chi connectivity index (χ3v) is 4.12. The predicted octanol–water partition coefficient (Wildman–Crippen LogP) is 2.89. The number of hydrogen-bond donors (Lipinski definition) is 1. The summed E-state index contributed by atoms with van der Waals surface area (Å²) in [6.07, 6.45) is 8.64. The smallest absolute Gasteiger partial charge is 0.313 e. The number of esters is 1. The summed E-state index contributed by atoms with van der Waals surface area (Å²) in [4.78, 5) is 23.2. The van der Waals surface area contributed by atoms with Gasteiger partial charge in [0.05, 0.1) is 18.4 Å². The number of carboxylic acid groups (broad SMARTS) is 1. The van der Waals surface area contributed by atoms with Crippen LogP contribution in [0, 0.1) is 11.8 Å². The van der Waals surface area contributed by atoms with Gasteiger partial charge in [0.2, 0.25) is 0 Å². The van der Waals surface area contributed by atoms with Crippen LogP contribution in [-0.4, -0.2) is 29.8 Å². The van der Waals surface area contributed by atoms with Crippen molar-refractivity contribution in [3.05, 3.63) is 11.8 Å². The molecule has 1 heterocycles. The average Bonchev–Trinajstić information content (AvgIpc) is 3.23. The Balaban J connectivity index is 1.69. The summed E-state index contributed by atoms with van der Waals surface area (Å²) in [5, 5.41) is 9.19. The van der Waals surface area contributed by atoms with E-state index in [1.54, 1.807) is 6.08 Å². The van der Waals surface area contributed by atoms with E-state index in [0.29, 0.717) is 13.0 Å². The summed E-state index contributed by atoms with van der Waals surface area (Å²) in [6, 6.07) is 0. The van der Waals surface area contributed by atoms with Gasteiger partial charge in [0.1, 0.15) is 5.76 Å². The van der Waals surface area contributed by atoms with Gasteiger partial charge in [-0.3, -0.25) is 9.59 Å². The number of aliphatic carboxylic acids is 1. The molecule has 3 unspecified atom stereocenters. The summed E-state index contributed by atoms with van der Waals surface area (Å²) in [7, 11) is 0. The monoisotopic (exact) mass is 296 g/mol. The number of epoxide rings is 1. The molecule has 1 aliphatic heterocycles. The Hall–Kier alpha value is -1.52. The van der Waals surface area contributed by atoms with Crippen LogP contribution < -0.4 is 0 Å². The molecule has 1 N–H and O–H groups in total. The highest BCUT2D eigenvalue weighted by molar-refractivity contribution is 5.83. The van der Waals surface area contributed by atoms with Crippen molar-refractivity contribution in [2.45, 2.75) is 58.0 Å². The van der Waals surface area contributed by atoms with Gasteiger partial charge in [-0.25, -0.2) is 0 Å². The van der Waals surface area contributed by atoms with Gasteiger partial charge >= 0.3 is 11.9 Å². The number of rotatable bonds is 9. The van der Waals surface area contributed by atoms with E-state index in [4.69, 9.17) is 9.47 Å². The second-order valence-electron chi connectivity index (χ2n) is 5.82. The molecule has 0 aromatic carbocycles. The lowest BCUT2D eigenvalue weighted by molar-refractivity contribution is -0.156. The SMILES string of the molecule is CCCCCCCCOC(=O)C1C=C2OC2CC1C(=O)O. The highest BCUT2D eigenvalue weighted by atomic mass is 16.6. The van der Waals surface area contributed by atoms with Crippen LogP contribution in [0.3, 0.4) is 0 Å². The van der Waals surface area contributed by atoms with E-state index in [1.807, 2.05) is 0 Å². The molecule has 0 aromatic rings. The normalized spacial score (nSPS) is 26.3. The quantitative estimate of drug-likeness (QED) is 0.402. The molecule has 3 atom stereocenters. The minimum absolute atomic E-state index is 0.0892. The summed E-state index contributed by atoms with van der Waals surface area (Å²) in [5.74, 6) is -2.07. The van der Waals surface area contributed by atoms with E-state index in [9.17, 15) is 14.7 Å². The lowest BCUT2D eigenvalue weighted by atomic mass is 9.84. The van der Waals surface area contributed by atoms with E-state index >= 15 is 0 Å². The second-order valence-corrected chi connectivity index (χ2v) is 5.82. The van der Waals surface area contributed by atoms with Crippen molar-refractivity contribution < 1.29 is 24.2 Å². The highest BCUT2D eigenvalue weighted by Gasteiger charge is 2.48. The van der Waals surface area contributed by atoms with E-state index in [0.717, 1.165) is 25.0 Å². The van der Waals surface area contributed by atoms with Gasteiger partial charge in [0.25, 0.3) is 0 Å². The molecule has 0 aromatic heterocycles. The summed E-state index contributed by atoms with van der Waals surface area (Å²) in [5.41, 5.74) is 0. The molecule has 0 amide bonds. The summed E-state index contributed by atoms with van der Waals surface area (Å²) in [6.45, 7) is 2.55. The molecule has 5 nitrogen and oxygen atoms in total. The van der Waals surface area contributed by atoms with Crippen LogP contribution in [-0.2, 0) is 19.1 Å². The number of unbranched alkanes of at least 4 members (excludes halogenated alkanes) is 5. The third-order valence-electron chi connectivity index (χ3n) is 4.12. The predicted molar refractivity (Wildman–Crippen MR) is 76.5 cm³/mol. The molecule has 2 aliphatic rings. The molecule has 0 spiro atoms. The molecule has 118 valence electrons. The van der Waals surface area contributed by atoms with Gasteiger partial charge < -0.3 is 14.6 Å². The Bertz CT molecular complexity index is 415. The largest absolute Gasteiger partial charge is 0.483 e. The van der Waals surface area contributed by atoms with Crippen LogP contribution in [0.4, 0.5) is 0 Å². The first kappa shape index (κ1) is 15.9. The number of carboxylic acids is 1. The number of ether oxygens (including phenoxy) is 2. The zero-order valence-corrected chi connectivity index (χ0v) is 12.5. The van der Waals surface area contributed by atoms with E-state index in [2.05, 4.69) is 6.92 Å². The first-order chi connectivity index (χ1) is 10.1. The van der Waals surface area contributed by atoms with Crippen molar-refractivity contribution in [1.29, 1.82) is 0 Å². The molecule has 0 radical (unpaired) electrons. The third kappa shape index (κ3) is 4.48. The van der Waals surface area contributed by atoms with Crippen LogP contribution in [0.2, 0.25) is 0 Å². The van der Waals surface area contributed by atoms with Crippen molar-refractivity contribution in [2.24, 2.45) is 11.8 Å². The molecule has 0 saturated carbocycles. The Morgan fingerprint density at radius 3 is 2.71 bits per heavy atom. The van der Waals surface area contributed by atoms with Crippen LogP contribution in [0.1, 0.15) is 51.9 Å². The fourth-order valence-corrected chi connectivity index (χ4v) is 2.75. The summed E-state index contributed by atoms with van der Waals surface area (Å²) < 4.78 is 10.4. The highest BCUT2D eigenvalue weighted by Crippen LogP contribution is 2.42. The van der Waals surface area contributed by atoms with Crippen LogP contribution in [0.15, 0.2) is 11.8 Å². The van der Waals surface area contributed by atoms with E-state index < -0.39 is 23.8 Å². The lowest BCUT2D eigenvalue weighted by Crippen LogP contribution is -2.32. The number of carbonyl (C=O) groups is 2. The lowest BCUT2D eigenvalue weighted by Gasteiger charge is -2.20. The zero-order chi connectivity index (χ0) is 15.2. The molecule has 1 saturated heterocycles. The molecule has 1 aliphatic carbocycles. The Labute approximate surface area is 125 Å². The van der Waals surface area contributed by atoms with Crippen molar-refractivity contribution in [3.63, 3.8) is 0 Å².